The molecular formula is C21H31N3O7. The van der Waals surface area contributed by atoms with Gasteiger partial charge < -0.3 is 31.3 Å². The predicted molar refractivity (Wildman–Crippen MR) is 109 cm³/mol. The summed E-state index contributed by atoms with van der Waals surface area (Å²) in [6, 6.07) is -1.64. The zero-order valence-electron chi connectivity index (χ0n) is 17.4. The molecule has 2 aliphatic carbocycles. The highest BCUT2D eigenvalue weighted by Crippen LogP contribution is 2.44. The highest BCUT2D eigenvalue weighted by Gasteiger charge is 2.40. The van der Waals surface area contributed by atoms with Gasteiger partial charge in [0.15, 0.2) is 0 Å². The van der Waals surface area contributed by atoms with E-state index in [4.69, 9.17) is 0 Å². The number of carbonyl (C=O) groups is 4. The first kappa shape index (κ1) is 23.2. The van der Waals surface area contributed by atoms with Crippen LogP contribution in [0.1, 0.15) is 57.8 Å². The molecule has 0 radical (unpaired) electrons. The van der Waals surface area contributed by atoms with Gasteiger partial charge in [0.25, 0.3) is 0 Å². The Balaban J connectivity index is 1.66. The third kappa shape index (κ3) is 5.82. The van der Waals surface area contributed by atoms with Crippen molar-refractivity contribution in [1.29, 1.82) is 0 Å². The zero-order valence-corrected chi connectivity index (χ0v) is 17.4. The van der Waals surface area contributed by atoms with Crippen molar-refractivity contribution < 1.29 is 34.5 Å². The van der Waals surface area contributed by atoms with Crippen molar-refractivity contribution in [2.75, 3.05) is 6.54 Å². The maximum absolute atomic E-state index is 12.7. The van der Waals surface area contributed by atoms with E-state index < -0.39 is 47.5 Å². The second-order valence-electron chi connectivity index (χ2n) is 8.96. The van der Waals surface area contributed by atoms with Gasteiger partial charge in [-0.05, 0) is 31.1 Å². The first-order chi connectivity index (χ1) is 14.7. The van der Waals surface area contributed by atoms with Crippen LogP contribution in [0.15, 0.2) is 11.6 Å². The molecule has 6 N–H and O–H groups in total. The van der Waals surface area contributed by atoms with E-state index in [1.54, 1.807) is 0 Å². The summed E-state index contributed by atoms with van der Waals surface area (Å²) in [5, 5.41) is 37.7. The third-order valence-electron chi connectivity index (χ3n) is 6.51. The highest BCUT2D eigenvalue weighted by molar-refractivity contribution is 5.97. The Morgan fingerprint density at radius 2 is 1.81 bits per heavy atom. The highest BCUT2D eigenvalue weighted by atomic mass is 16.4. The number of carboxylic acid groups (broad SMARTS) is 1. The van der Waals surface area contributed by atoms with Gasteiger partial charge in [-0.25, -0.2) is 0 Å². The quantitative estimate of drug-likeness (QED) is 0.308. The van der Waals surface area contributed by atoms with Crippen molar-refractivity contribution in [3.63, 3.8) is 0 Å². The molecule has 2 fully saturated rings. The fourth-order valence-electron chi connectivity index (χ4n) is 4.86. The van der Waals surface area contributed by atoms with E-state index >= 15 is 0 Å². The first-order valence-corrected chi connectivity index (χ1v) is 10.9. The van der Waals surface area contributed by atoms with Crippen LogP contribution in [0.4, 0.5) is 0 Å². The molecule has 10 nitrogen and oxygen atoms in total. The Kier molecular flexibility index (Phi) is 7.32. The first-order valence-electron chi connectivity index (χ1n) is 10.9. The summed E-state index contributed by atoms with van der Waals surface area (Å²) in [4.78, 5) is 48.4. The van der Waals surface area contributed by atoms with Gasteiger partial charge in [-0.15, -0.1) is 0 Å². The summed E-state index contributed by atoms with van der Waals surface area (Å²) in [6.45, 7) is 0.566. The van der Waals surface area contributed by atoms with Crippen LogP contribution >= 0.6 is 0 Å². The van der Waals surface area contributed by atoms with Crippen LogP contribution in [-0.4, -0.2) is 69.8 Å². The molecule has 3 rings (SSSR count). The SMILES string of the molecule is O=C(O)CC1(CC(=O)NC2C=C(C(=O)NC3CCCNC3=O)CC(O)C2O)CCCC1. The van der Waals surface area contributed by atoms with Gasteiger partial charge >= 0.3 is 5.97 Å². The molecule has 0 spiro atoms. The molecule has 3 aliphatic rings. The van der Waals surface area contributed by atoms with Crippen LogP contribution in [0.25, 0.3) is 0 Å². The van der Waals surface area contributed by atoms with Crippen LogP contribution in [0, 0.1) is 5.41 Å². The Hall–Kier alpha value is -2.46. The summed E-state index contributed by atoms with van der Waals surface area (Å²) in [6.07, 6.45) is 2.96. The fourth-order valence-corrected chi connectivity index (χ4v) is 4.86. The minimum Gasteiger partial charge on any atom is -0.481 e. The number of aliphatic hydroxyl groups is 2. The van der Waals surface area contributed by atoms with Gasteiger partial charge in [-0.2, -0.15) is 0 Å². The molecule has 0 aromatic rings. The molecule has 172 valence electrons. The van der Waals surface area contributed by atoms with E-state index in [0.717, 1.165) is 19.3 Å². The molecule has 4 unspecified atom stereocenters. The Morgan fingerprint density at radius 3 is 2.45 bits per heavy atom. The van der Waals surface area contributed by atoms with Crippen molar-refractivity contribution in [3.05, 3.63) is 11.6 Å². The van der Waals surface area contributed by atoms with Gasteiger partial charge in [0.1, 0.15) is 12.1 Å². The minimum atomic E-state index is -1.29. The molecule has 0 aromatic heterocycles. The number of amides is 3. The van der Waals surface area contributed by atoms with Gasteiger partial charge in [0.2, 0.25) is 17.7 Å². The van der Waals surface area contributed by atoms with Crippen LogP contribution in [-0.2, 0) is 19.2 Å². The predicted octanol–water partition coefficient (Wildman–Crippen LogP) is -0.657. The van der Waals surface area contributed by atoms with Gasteiger partial charge in [0, 0.05) is 25.0 Å². The van der Waals surface area contributed by atoms with Crippen molar-refractivity contribution in [2.24, 2.45) is 5.41 Å². The van der Waals surface area contributed by atoms with Crippen molar-refractivity contribution in [1.82, 2.24) is 16.0 Å². The summed E-state index contributed by atoms with van der Waals surface area (Å²) >= 11 is 0. The number of hydrogen-bond donors (Lipinski definition) is 6. The molecule has 10 heteroatoms. The number of carboxylic acids is 1. The monoisotopic (exact) mass is 437 g/mol. The van der Waals surface area contributed by atoms with E-state index in [0.29, 0.717) is 25.8 Å². The topological polar surface area (TPSA) is 165 Å². The molecule has 31 heavy (non-hydrogen) atoms. The average Bonchev–Trinajstić information content (AvgIpc) is 3.13. The average molecular weight is 437 g/mol. The van der Waals surface area contributed by atoms with Crippen LogP contribution in [0.3, 0.4) is 0 Å². The normalized spacial score (nSPS) is 30.1. The zero-order chi connectivity index (χ0) is 22.6. The molecular weight excluding hydrogens is 406 g/mol. The summed E-state index contributed by atoms with van der Waals surface area (Å²) in [7, 11) is 0. The molecule has 1 aliphatic heterocycles. The van der Waals surface area contributed by atoms with Crippen molar-refractivity contribution >= 4 is 23.7 Å². The number of aliphatic hydroxyl groups excluding tert-OH is 2. The van der Waals surface area contributed by atoms with E-state index in [-0.39, 0.29) is 30.7 Å². The number of nitrogens with one attached hydrogen (secondary N) is 3. The molecule has 0 bridgehead atoms. The third-order valence-corrected chi connectivity index (χ3v) is 6.51. The van der Waals surface area contributed by atoms with E-state index in [1.807, 2.05) is 0 Å². The van der Waals surface area contributed by atoms with Crippen LogP contribution in [0.5, 0.6) is 0 Å². The lowest BCUT2D eigenvalue weighted by atomic mass is 9.79. The second-order valence-corrected chi connectivity index (χ2v) is 8.96. The minimum absolute atomic E-state index is 0.0101. The summed E-state index contributed by atoms with van der Waals surface area (Å²) < 4.78 is 0. The maximum Gasteiger partial charge on any atom is 0.303 e. The summed E-state index contributed by atoms with van der Waals surface area (Å²) in [5.41, 5.74) is -0.422. The standard InChI is InChI=1S/C21H31N3O7/c25-15-9-12(19(30)24-13-4-3-7-22-20(13)31)8-14(18(15)29)23-16(26)10-21(11-17(27)28)5-1-2-6-21/h8,13-15,18,25,29H,1-7,9-11H2,(H,22,31)(H,23,26)(H,24,30)(H,27,28). The van der Waals surface area contributed by atoms with E-state index in [1.165, 1.54) is 6.08 Å². The number of hydrogen-bond acceptors (Lipinski definition) is 6. The Bertz CT molecular complexity index is 760. The lowest BCUT2D eigenvalue weighted by molar-refractivity contribution is -0.140. The Morgan fingerprint density at radius 1 is 1.10 bits per heavy atom. The summed E-state index contributed by atoms with van der Waals surface area (Å²) in [5.74, 6) is -2.16. The molecule has 1 heterocycles. The molecule has 1 saturated carbocycles. The van der Waals surface area contributed by atoms with E-state index in [9.17, 15) is 34.5 Å². The van der Waals surface area contributed by atoms with Crippen LogP contribution in [0.2, 0.25) is 0 Å². The maximum atomic E-state index is 12.7. The lowest BCUT2D eigenvalue weighted by Gasteiger charge is -2.33. The fraction of sp³-hybridized carbons (Fsp3) is 0.714. The second kappa shape index (κ2) is 9.78. The number of rotatable bonds is 7. The van der Waals surface area contributed by atoms with Crippen LogP contribution < -0.4 is 16.0 Å². The van der Waals surface area contributed by atoms with Gasteiger partial charge in [-0.3, -0.25) is 19.2 Å². The van der Waals surface area contributed by atoms with Gasteiger partial charge in [-0.1, -0.05) is 18.9 Å². The smallest absolute Gasteiger partial charge is 0.303 e. The number of piperidine rings is 1. The molecule has 3 amide bonds. The van der Waals surface area contributed by atoms with Gasteiger partial charge in [0.05, 0.1) is 18.6 Å². The largest absolute Gasteiger partial charge is 0.481 e. The lowest BCUT2D eigenvalue weighted by Crippen LogP contribution is -2.53. The number of aliphatic carboxylic acids is 1. The van der Waals surface area contributed by atoms with E-state index in [2.05, 4.69) is 16.0 Å². The van der Waals surface area contributed by atoms with Crippen molar-refractivity contribution in [2.45, 2.75) is 82.1 Å². The molecule has 1 saturated heterocycles. The molecule has 0 aromatic carbocycles. The Labute approximate surface area is 180 Å². The molecule has 4 atom stereocenters. The number of carbonyl (C=O) groups excluding carboxylic acids is 3. The van der Waals surface area contributed by atoms with Crippen molar-refractivity contribution in [3.8, 4) is 0 Å².